The molecule has 2 aliphatic carbocycles. The van der Waals surface area contributed by atoms with Gasteiger partial charge in [0, 0.05) is 19.1 Å². The minimum Gasteiger partial charge on any atom is -0.496 e. The smallest absolute Gasteiger partial charge is 0.316 e. The largest absolute Gasteiger partial charge is 0.496 e. The summed E-state index contributed by atoms with van der Waals surface area (Å²) < 4.78 is 22.1. The van der Waals surface area contributed by atoms with Crippen molar-refractivity contribution in [2.24, 2.45) is 11.8 Å². The molecule has 0 spiro atoms. The molecule has 160 valence electrons. The van der Waals surface area contributed by atoms with Crippen molar-refractivity contribution in [3.8, 4) is 5.75 Å². The Morgan fingerprint density at radius 1 is 1.24 bits per heavy atom. The lowest BCUT2D eigenvalue weighted by molar-refractivity contribution is -0.158. The Labute approximate surface area is 172 Å². The lowest BCUT2D eigenvalue weighted by atomic mass is 9.53. The molecule has 2 aliphatic rings. The van der Waals surface area contributed by atoms with Crippen molar-refractivity contribution >= 4 is 11.8 Å². The highest BCUT2D eigenvalue weighted by Crippen LogP contribution is 2.57. The average Bonchev–Trinajstić information content (AvgIpc) is 2.71. The molecule has 0 radical (unpaired) electrons. The van der Waals surface area contributed by atoms with Crippen LogP contribution in [0.5, 0.6) is 5.75 Å². The molecule has 0 unspecified atom stereocenters. The number of carbonyl (C=O) groups is 2. The first-order chi connectivity index (χ1) is 13.8. The second-order valence-electron chi connectivity index (χ2n) is 8.59. The van der Waals surface area contributed by atoms with Gasteiger partial charge < -0.3 is 18.9 Å². The van der Waals surface area contributed by atoms with Crippen molar-refractivity contribution in [3.05, 3.63) is 28.8 Å². The van der Waals surface area contributed by atoms with Gasteiger partial charge in [-0.05, 0) is 41.2 Å². The highest BCUT2D eigenvalue weighted by molar-refractivity contribution is 6.00. The quantitative estimate of drug-likeness (QED) is 0.407. The summed E-state index contributed by atoms with van der Waals surface area (Å²) in [4.78, 5) is 25.2. The third kappa shape index (κ3) is 3.57. The zero-order valence-electron chi connectivity index (χ0n) is 18.2. The zero-order chi connectivity index (χ0) is 21.3. The molecule has 0 N–H and O–H groups in total. The van der Waals surface area contributed by atoms with Gasteiger partial charge in [0.25, 0.3) is 0 Å². The van der Waals surface area contributed by atoms with E-state index >= 15 is 0 Å². The molecule has 3 rings (SSSR count). The van der Waals surface area contributed by atoms with Crippen LogP contribution >= 0.6 is 0 Å². The van der Waals surface area contributed by atoms with Gasteiger partial charge in [-0.25, -0.2) is 0 Å². The number of benzene rings is 1. The summed E-state index contributed by atoms with van der Waals surface area (Å²) in [5.41, 5.74) is 2.90. The molecule has 4 atom stereocenters. The number of rotatable bonds is 6. The molecule has 0 heterocycles. The molecule has 0 amide bonds. The van der Waals surface area contributed by atoms with E-state index in [1.54, 1.807) is 14.2 Å². The first kappa shape index (κ1) is 21.8. The monoisotopic (exact) mass is 404 g/mol. The number of hydrogen-bond donors (Lipinski definition) is 0. The van der Waals surface area contributed by atoms with Crippen LogP contribution in [-0.2, 0) is 29.2 Å². The molecule has 6 nitrogen and oxygen atoms in total. The van der Waals surface area contributed by atoms with Crippen LogP contribution in [0.25, 0.3) is 0 Å². The Morgan fingerprint density at radius 2 is 1.97 bits per heavy atom. The Balaban J connectivity index is 2.20. The molecule has 0 aliphatic heterocycles. The molecule has 0 bridgehead atoms. The highest BCUT2D eigenvalue weighted by atomic mass is 16.7. The number of ether oxygens (including phenoxy) is 4. The number of fused-ring (bicyclic) bond motifs is 3. The number of methoxy groups -OCH3 is 3. The standard InChI is InChI=1S/C23H32O6/c1-13(2)14-7-8-15-20(21(14)27-5)18(29-12-26-4)11-16-19(22(25)28-6)17(24)9-10-23(15,16)3/h7-8,13,16,18-19H,9-12H2,1-6H3/t16-,18+,19-,23+/m0/s1. The van der Waals surface area contributed by atoms with E-state index < -0.39 is 11.9 Å². The van der Waals surface area contributed by atoms with Crippen LogP contribution in [0, 0.1) is 11.8 Å². The fraction of sp³-hybridized carbons (Fsp3) is 0.652. The van der Waals surface area contributed by atoms with E-state index in [1.807, 2.05) is 0 Å². The Morgan fingerprint density at radius 3 is 2.55 bits per heavy atom. The van der Waals surface area contributed by atoms with Crippen LogP contribution in [-0.4, -0.2) is 39.9 Å². The van der Waals surface area contributed by atoms with E-state index in [-0.39, 0.29) is 30.0 Å². The van der Waals surface area contributed by atoms with Crippen LogP contribution in [0.15, 0.2) is 12.1 Å². The number of esters is 1. The number of Topliss-reactive ketones (excluding diaryl/α,β-unsaturated/α-hetero) is 1. The van der Waals surface area contributed by atoms with Crippen LogP contribution in [0.4, 0.5) is 0 Å². The normalized spacial score (nSPS) is 28.7. The summed E-state index contributed by atoms with van der Waals surface area (Å²) in [6.07, 6.45) is 1.27. The van der Waals surface area contributed by atoms with E-state index in [2.05, 4.69) is 32.9 Å². The SMILES string of the molecule is COCO[C@@H]1C[C@H]2[C@H](C(=O)OC)C(=O)CC[C@]2(C)c2ccc(C(C)C)c(OC)c21. The maximum absolute atomic E-state index is 12.7. The van der Waals surface area contributed by atoms with E-state index in [0.717, 1.165) is 22.4 Å². The van der Waals surface area contributed by atoms with Gasteiger partial charge in [-0.15, -0.1) is 0 Å². The second kappa shape index (κ2) is 8.44. The Kier molecular flexibility index (Phi) is 6.34. The fourth-order valence-corrected chi connectivity index (χ4v) is 5.24. The molecule has 29 heavy (non-hydrogen) atoms. The first-order valence-electron chi connectivity index (χ1n) is 10.2. The third-order valence-electron chi connectivity index (χ3n) is 6.76. The summed E-state index contributed by atoms with van der Waals surface area (Å²) >= 11 is 0. The number of carbonyl (C=O) groups excluding carboxylic acids is 2. The summed E-state index contributed by atoms with van der Waals surface area (Å²) in [5.74, 6) is -0.328. The molecule has 1 aromatic rings. The van der Waals surface area contributed by atoms with Crippen LogP contribution in [0.2, 0.25) is 0 Å². The molecule has 1 aromatic carbocycles. The Hall–Kier alpha value is -1.92. The summed E-state index contributed by atoms with van der Waals surface area (Å²) in [6, 6.07) is 4.24. The average molecular weight is 405 g/mol. The van der Waals surface area contributed by atoms with E-state index in [1.165, 1.54) is 7.11 Å². The van der Waals surface area contributed by atoms with Crippen molar-refractivity contribution in [1.82, 2.24) is 0 Å². The zero-order valence-corrected chi connectivity index (χ0v) is 18.2. The fourth-order valence-electron chi connectivity index (χ4n) is 5.24. The van der Waals surface area contributed by atoms with Gasteiger partial charge in [-0.3, -0.25) is 9.59 Å². The topological polar surface area (TPSA) is 71.1 Å². The van der Waals surface area contributed by atoms with Crippen LogP contribution < -0.4 is 4.74 Å². The van der Waals surface area contributed by atoms with Crippen molar-refractivity contribution in [3.63, 3.8) is 0 Å². The molecule has 1 fully saturated rings. The van der Waals surface area contributed by atoms with E-state index in [9.17, 15) is 9.59 Å². The minimum absolute atomic E-state index is 0.0426. The van der Waals surface area contributed by atoms with Gasteiger partial charge >= 0.3 is 5.97 Å². The maximum atomic E-state index is 12.7. The molecular weight excluding hydrogens is 372 g/mol. The summed E-state index contributed by atoms with van der Waals surface area (Å²) in [5, 5.41) is 0. The van der Waals surface area contributed by atoms with Crippen LogP contribution in [0.1, 0.15) is 68.7 Å². The number of ketones is 1. The van der Waals surface area contributed by atoms with E-state index in [4.69, 9.17) is 18.9 Å². The number of hydrogen-bond acceptors (Lipinski definition) is 6. The summed E-state index contributed by atoms with van der Waals surface area (Å²) in [7, 11) is 4.61. The van der Waals surface area contributed by atoms with Crippen molar-refractivity contribution in [2.45, 2.75) is 57.5 Å². The first-order valence-corrected chi connectivity index (χ1v) is 10.2. The van der Waals surface area contributed by atoms with Crippen molar-refractivity contribution < 1.29 is 28.5 Å². The molecule has 0 saturated heterocycles. The molecule has 0 aromatic heterocycles. The molecular formula is C23H32O6. The van der Waals surface area contributed by atoms with E-state index in [0.29, 0.717) is 25.2 Å². The van der Waals surface area contributed by atoms with Crippen molar-refractivity contribution in [2.75, 3.05) is 28.1 Å². The Bertz CT molecular complexity index is 778. The highest BCUT2D eigenvalue weighted by Gasteiger charge is 2.55. The lowest BCUT2D eigenvalue weighted by Crippen LogP contribution is -2.51. The van der Waals surface area contributed by atoms with Gasteiger partial charge in [0.05, 0.1) is 20.3 Å². The lowest BCUT2D eigenvalue weighted by Gasteiger charge is -2.50. The van der Waals surface area contributed by atoms with Gasteiger partial charge in [-0.1, -0.05) is 32.9 Å². The third-order valence-corrected chi connectivity index (χ3v) is 6.76. The van der Waals surface area contributed by atoms with Crippen LogP contribution in [0.3, 0.4) is 0 Å². The second-order valence-corrected chi connectivity index (χ2v) is 8.59. The maximum Gasteiger partial charge on any atom is 0.316 e. The van der Waals surface area contributed by atoms with Gasteiger partial charge in [0.1, 0.15) is 24.2 Å². The van der Waals surface area contributed by atoms with Crippen molar-refractivity contribution in [1.29, 1.82) is 0 Å². The van der Waals surface area contributed by atoms with Gasteiger partial charge in [0.15, 0.2) is 0 Å². The minimum atomic E-state index is -0.767. The molecule has 6 heteroatoms. The van der Waals surface area contributed by atoms with Gasteiger partial charge in [0.2, 0.25) is 0 Å². The predicted molar refractivity (Wildman–Crippen MR) is 108 cm³/mol. The van der Waals surface area contributed by atoms with Gasteiger partial charge in [-0.2, -0.15) is 0 Å². The summed E-state index contributed by atoms with van der Waals surface area (Å²) in [6.45, 7) is 6.55. The molecule has 1 saturated carbocycles. The predicted octanol–water partition coefficient (Wildman–Crippen LogP) is 3.91.